The molecule has 1 saturated carbocycles. The van der Waals surface area contributed by atoms with Gasteiger partial charge in [-0.2, -0.15) is 0 Å². The first-order valence-corrected chi connectivity index (χ1v) is 13.3. The van der Waals surface area contributed by atoms with Gasteiger partial charge in [-0.25, -0.2) is 12.8 Å². The summed E-state index contributed by atoms with van der Waals surface area (Å²) in [4.78, 5) is 12.8. The average molecular weight is 529 g/mol. The van der Waals surface area contributed by atoms with E-state index >= 15 is 0 Å². The van der Waals surface area contributed by atoms with Crippen molar-refractivity contribution in [2.24, 2.45) is 0 Å². The van der Waals surface area contributed by atoms with Crippen molar-refractivity contribution >= 4 is 27.3 Å². The number of hydrogen-bond donors (Lipinski definition) is 1. The van der Waals surface area contributed by atoms with Crippen molar-refractivity contribution in [1.29, 1.82) is 0 Å². The van der Waals surface area contributed by atoms with Crippen LogP contribution < -0.4 is 23.8 Å². The molecule has 0 atom stereocenters. The predicted octanol–water partition coefficient (Wildman–Crippen LogP) is 5.00. The lowest BCUT2D eigenvalue weighted by molar-refractivity contribution is -0.114. The number of carbonyl (C=O) groups excluding carboxylic acids is 1. The van der Waals surface area contributed by atoms with Crippen LogP contribution in [0, 0.1) is 5.82 Å². The van der Waals surface area contributed by atoms with E-state index in [2.05, 4.69) is 5.32 Å². The Morgan fingerprint density at radius 2 is 1.65 bits per heavy atom. The van der Waals surface area contributed by atoms with Crippen LogP contribution in [0.3, 0.4) is 0 Å². The van der Waals surface area contributed by atoms with E-state index in [1.807, 2.05) is 0 Å². The summed E-state index contributed by atoms with van der Waals surface area (Å²) in [5, 5.41) is 2.68. The van der Waals surface area contributed by atoms with E-state index in [4.69, 9.17) is 14.2 Å². The Morgan fingerprint density at radius 1 is 0.973 bits per heavy atom. The normalized spacial score (nSPS) is 13.7. The maximum absolute atomic E-state index is 14.7. The van der Waals surface area contributed by atoms with Gasteiger partial charge in [0.05, 0.1) is 30.9 Å². The molecule has 1 aliphatic rings. The largest absolute Gasteiger partial charge is 0.493 e. The first-order chi connectivity index (χ1) is 17.8. The average Bonchev–Trinajstić information content (AvgIpc) is 3.41. The molecule has 1 amide bonds. The Morgan fingerprint density at radius 3 is 2.30 bits per heavy atom. The number of ether oxygens (including phenoxy) is 3. The highest BCUT2D eigenvalue weighted by molar-refractivity contribution is 7.92. The monoisotopic (exact) mass is 528 g/mol. The number of sulfonamides is 1. The third-order valence-electron chi connectivity index (χ3n) is 6.09. The van der Waals surface area contributed by atoms with Crippen molar-refractivity contribution in [2.75, 3.05) is 30.4 Å². The number of amides is 1. The van der Waals surface area contributed by atoms with Crippen LogP contribution in [0.4, 0.5) is 15.8 Å². The fourth-order valence-electron chi connectivity index (χ4n) is 4.20. The Kier molecular flexibility index (Phi) is 8.17. The quantitative estimate of drug-likeness (QED) is 0.398. The predicted molar refractivity (Wildman–Crippen MR) is 138 cm³/mol. The Balaban J connectivity index is 1.56. The van der Waals surface area contributed by atoms with E-state index in [1.54, 1.807) is 24.3 Å². The molecule has 1 N–H and O–H groups in total. The third kappa shape index (κ3) is 6.14. The zero-order valence-corrected chi connectivity index (χ0v) is 21.5. The summed E-state index contributed by atoms with van der Waals surface area (Å²) in [7, 11) is -1.56. The van der Waals surface area contributed by atoms with Gasteiger partial charge in [-0.3, -0.25) is 9.10 Å². The number of hydrogen-bond acceptors (Lipinski definition) is 6. The van der Waals surface area contributed by atoms with Gasteiger partial charge in [-0.05, 0) is 74.2 Å². The lowest BCUT2D eigenvalue weighted by Gasteiger charge is -2.25. The van der Waals surface area contributed by atoms with Gasteiger partial charge < -0.3 is 19.5 Å². The zero-order valence-electron chi connectivity index (χ0n) is 20.6. The van der Waals surface area contributed by atoms with Crippen LogP contribution >= 0.6 is 0 Å². The SMILES string of the molecule is COc1ccc(S(=O)(=O)N(CC(=O)Nc2ccc(OC3CCCC3)cc2)c2ccccc2F)cc1OC. The van der Waals surface area contributed by atoms with Crippen LogP contribution in [0.15, 0.2) is 71.6 Å². The minimum atomic E-state index is -4.36. The fourth-order valence-corrected chi connectivity index (χ4v) is 5.65. The molecule has 1 fully saturated rings. The molecule has 0 heterocycles. The van der Waals surface area contributed by atoms with E-state index in [0.717, 1.165) is 36.1 Å². The van der Waals surface area contributed by atoms with E-state index in [0.29, 0.717) is 17.2 Å². The maximum Gasteiger partial charge on any atom is 0.265 e. The van der Waals surface area contributed by atoms with Gasteiger partial charge in [-0.15, -0.1) is 0 Å². The van der Waals surface area contributed by atoms with Gasteiger partial charge in [-0.1, -0.05) is 12.1 Å². The molecular formula is C27H29FN2O6S. The third-order valence-corrected chi connectivity index (χ3v) is 7.85. The molecule has 0 spiro atoms. The second-order valence-electron chi connectivity index (χ2n) is 8.58. The molecule has 8 nitrogen and oxygen atoms in total. The second-order valence-corrected chi connectivity index (χ2v) is 10.4. The minimum Gasteiger partial charge on any atom is -0.493 e. The number of methoxy groups -OCH3 is 2. The van der Waals surface area contributed by atoms with Gasteiger partial charge in [0.15, 0.2) is 11.5 Å². The summed E-state index contributed by atoms with van der Waals surface area (Å²) in [6, 6.07) is 16.2. The lowest BCUT2D eigenvalue weighted by Crippen LogP contribution is -2.38. The molecule has 196 valence electrons. The van der Waals surface area contributed by atoms with Crippen molar-refractivity contribution < 1.29 is 31.8 Å². The fraction of sp³-hybridized carbons (Fsp3) is 0.296. The standard InChI is InChI=1S/C27H29FN2O6S/c1-34-25-16-15-22(17-26(25)35-2)37(32,33)30(24-10-6-5-9-23(24)28)18-27(31)29-19-11-13-21(14-12-19)36-20-7-3-4-8-20/h5-6,9-17,20H,3-4,7-8,18H2,1-2H3,(H,29,31). The smallest absolute Gasteiger partial charge is 0.265 e. The van der Waals surface area contributed by atoms with Crippen LogP contribution in [0.2, 0.25) is 0 Å². The summed E-state index contributed by atoms with van der Waals surface area (Å²) >= 11 is 0. The molecule has 4 rings (SSSR count). The molecule has 1 aliphatic carbocycles. The Labute approximate surface area is 216 Å². The minimum absolute atomic E-state index is 0.182. The summed E-state index contributed by atoms with van der Waals surface area (Å²) in [6.45, 7) is -0.655. The molecular weight excluding hydrogens is 499 g/mol. The summed E-state index contributed by atoms with van der Waals surface area (Å²) in [5.74, 6) is -0.211. The van der Waals surface area contributed by atoms with Gasteiger partial charge >= 0.3 is 0 Å². The van der Waals surface area contributed by atoms with E-state index in [1.165, 1.54) is 50.6 Å². The number of carbonyl (C=O) groups is 1. The summed E-state index contributed by atoms with van der Waals surface area (Å²) < 4.78 is 59.0. The first-order valence-electron chi connectivity index (χ1n) is 11.9. The van der Waals surface area contributed by atoms with Crippen LogP contribution in [-0.4, -0.2) is 41.2 Å². The van der Waals surface area contributed by atoms with E-state index in [9.17, 15) is 17.6 Å². The van der Waals surface area contributed by atoms with Crippen LogP contribution in [-0.2, 0) is 14.8 Å². The number of anilines is 2. The summed E-state index contributed by atoms with van der Waals surface area (Å²) in [5.41, 5.74) is 0.202. The molecule has 37 heavy (non-hydrogen) atoms. The molecule has 0 saturated heterocycles. The van der Waals surface area contributed by atoms with Crippen LogP contribution in [0.25, 0.3) is 0 Å². The lowest BCUT2D eigenvalue weighted by atomic mass is 10.2. The van der Waals surface area contributed by atoms with Gasteiger partial charge in [0.2, 0.25) is 5.91 Å². The number of benzene rings is 3. The highest BCUT2D eigenvalue weighted by atomic mass is 32.2. The zero-order chi connectivity index (χ0) is 26.4. The molecule has 0 aliphatic heterocycles. The number of halogens is 1. The number of nitrogens with one attached hydrogen (secondary N) is 1. The van der Waals surface area contributed by atoms with Gasteiger partial charge in [0.25, 0.3) is 10.0 Å². The van der Waals surface area contributed by atoms with Gasteiger partial charge in [0, 0.05) is 11.8 Å². The summed E-state index contributed by atoms with van der Waals surface area (Å²) in [6.07, 6.45) is 4.57. The molecule has 0 bridgehead atoms. The molecule has 10 heteroatoms. The number of nitrogens with zero attached hydrogens (tertiary/aromatic N) is 1. The highest BCUT2D eigenvalue weighted by Crippen LogP contribution is 2.33. The molecule has 0 aromatic heterocycles. The van der Waals surface area contributed by atoms with E-state index in [-0.39, 0.29) is 22.4 Å². The molecule has 0 unspecified atom stereocenters. The van der Waals surface area contributed by atoms with Crippen molar-refractivity contribution in [3.05, 3.63) is 72.5 Å². The van der Waals surface area contributed by atoms with Crippen LogP contribution in [0.5, 0.6) is 17.2 Å². The number of rotatable bonds is 10. The highest BCUT2D eigenvalue weighted by Gasteiger charge is 2.30. The topological polar surface area (TPSA) is 94.2 Å². The number of para-hydroxylation sites is 1. The molecule has 3 aromatic rings. The van der Waals surface area contributed by atoms with Gasteiger partial charge in [0.1, 0.15) is 18.1 Å². The Hall–Kier alpha value is -3.79. The molecule has 0 radical (unpaired) electrons. The second kappa shape index (κ2) is 11.5. The van der Waals surface area contributed by atoms with Crippen LogP contribution in [0.1, 0.15) is 25.7 Å². The maximum atomic E-state index is 14.7. The first kappa shape index (κ1) is 26.3. The van der Waals surface area contributed by atoms with Crippen molar-refractivity contribution in [1.82, 2.24) is 0 Å². The van der Waals surface area contributed by atoms with Crippen molar-refractivity contribution in [3.8, 4) is 17.2 Å². The van der Waals surface area contributed by atoms with Crippen molar-refractivity contribution in [3.63, 3.8) is 0 Å². The van der Waals surface area contributed by atoms with E-state index < -0.39 is 28.3 Å². The molecule has 3 aromatic carbocycles. The Bertz CT molecular complexity index is 1340. The van der Waals surface area contributed by atoms with Crippen molar-refractivity contribution in [2.45, 2.75) is 36.7 Å².